The Balaban J connectivity index is 2.80. The van der Waals surface area contributed by atoms with Gasteiger partial charge in [-0.3, -0.25) is 4.79 Å². The highest BCUT2D eigenvalue weighted by molar-refractivity contribution is 5.89. The first-order valence-corrected chi connectivity index (χ1v) is 8.71. The van der Waals surface area contributed by atoms with Gasteiger partial charge in [0.2, 0.25) is 0 Å². The molecule has 0 saturated heterocycles. The predicted molar refractivity (Wildman–Crippen MR) is 101 cm³/mol. The van der Waals surface area contributed by atoms with E-state index in [1.807, 2.05) is 52.1 Å². The lowest BCUT2D eigenvalue weighted by atomic mass is 9.83. The Bertz CT molecular complexity index is 510. The number of nitrogens with one attached hydrogen (secondary N) is 2. The van der Waals surface area contributed by atoms with E-state index in [0.717, 1.165) is 17.9 Å². The molecule has 0 aliphatic heterocycles. The van der Waals surface area contributed by atoms with Crippen molar-refractivity contribution in [3.05, 3.63) is 29.8 Å². The molecule has 4 nitrogen and oxygen atoms in total. The Hall–Kier alpha value is -1.39. The molecule has 1 aromatic rings. The summed E-state index contributed by atoms with van der Waals surface area (Å²) >= 11 is 0. The van der Waals surface area contributed by atoms with Gasteiger partial charge < -0.3 is 15.4 Å². The Morgan fingerprint density at radius 3 is 2.12 bits per heavy atom. The van der Waals surface area contributed by atoms with E-state index in [-0.39, 0.29) is 22.8 Å². The van der Waals surface area contributed by atoms with Crippen molar-refractivity contribution in [3.8, 4) is 5.75 Å². The zero-order chi connectivity index (χ0) is 18.4. The lowest BCUT2D eigenvalue weighted by molar-refractivity contribution is -0.128. The Morgan fingerprint density at radius 2 is 1.67 bits per heavy atom. The molecule has 1 unspecified atom stereocenters. The van der Waals surface area contributed by atoms with Crippen molar-refractivity contribution in [1.29, 1.82) is 0 Å². The molecule has 0 bridgehead atoms. The number of ether oxygens (including phenoxy) is 1. The maximum atomic E-state index is 12.8. The molecule has 0 aliphatic carbocycles. The SMILES string of the molecule is CNCCOc1ccc(CC(NC(C)(C)C)C(=O)C(C)(C)C)cc1. The number of likely N-dealkylation sites (N-methyl/N-ethyl adjacent to an activating group) is 1. The molecule has 1 aromatic carbocycles. The second-order valence-electron chi connectivity index (χ2n) is 8.36. The number of hydrogen-bond donors (Lipinski definition) is 2. The van der Waals surface area contributed by atoms with Crippen LogP contribution in [-0.2, 0) is 11.2 Å². The summed E-state index contributed by atoms with van der Waals surface area (Å²) in [6.45, 7) is 13.7. The molecule has 136 valence electrons. The molecule has 0 radical (unpaired) electrons. The minimum Gasteiger partial charge on any atom is -0.492 e. The minimum absolute atomic E-state index is 0.109. The van der Waals surface area contributed by atoms with Crippen LogP contribution < -0.4 is 15.4 Å². The van der Waals surface area contributed by atoms with Gasteiger partial charge in [0.25, 0.3) is 0 Å². The highest BCUT2D eigenvalue weighted by Crippen LogP contribution is 2.21. The molecule has 0 aromatic heterocycles. The van der Waals surface area contributed by atoms with Crippen LogP contribution >= 0.6 is 0 Å². The third-order valence-electron chi connectivity index (χ3n) is 3.65. The summed E-state index contributed by atoms with van der Waals surface area (Å²) in [5.74, 6) is 1.10. The Morgan fingerprint density at radius 1 is 1.08 bits per heavy atom. The first-order valence-electron chi connectivity index (χ1n) is 8.71. The van der Waals surface area contributed by atoms with Crippen molar-refractivity contribution in [3.63, 3.8) is 0 Å². The second-order valence-corrected chi connectivity index (χ2v) is 8.36. The highest BCUT2D eigenvalue weighted by atomic mass is 16.5. The summed E-state index contributed by atoms with van der Waals surface area (Å²) < 4.78 is 5.64. The standard InChI is InChI=1S/C20H34N2O2/c1-19(2,3)18(23)17(22-20(4,5)6)14-15-8-10-16(11-9-15)24-13-12-21-7/h8-11,17,21-22H,12-14H2,1-7H3. The molecule has 0 aliphatic rings. The molecular formula is C20H34N2O2. The molecule has 24 heavy (non-hydrogen) atoms. The van der Waals surface area contributed by atoms with Crippen LogP contribution in [-0.4, -0.2) is 37.6 Å². The van der Waals surface area contributed by atoms with E-state index in [4.69, 9.17) is 4.74 Å². The maximum absolute atomic E-state index is 12.8. The molecule has 1 atom stereocenters. The van der Waals surface area contributed by atoms with Gasteiger partial charge in [0.05, 0.1) is 6.04 Å². The van der Waals surface area contributed by atoms with Crippen molar-refractivity contribution in [1.82, 2.24) is 10.6 Å². The van der Waals surface area contributed by atoms with Crippen LogP contribution in [0, 0.1) is 5.41 Å². The third kappa shape index (κ3) is 7.45. The van der Waals surface area contributed by atoms with Crippen molar-refractivity contribution >= 4 is 5.78 Å². The van der Waals surface area contributed by atoms with Gasteiger partial charge in [-0.05, 0) is 51.9 Å². The highest BCUT2D eigenvalue weighted by Gasteiger charge is 2.31. The molecule has 2 N–H and O–H groups in total. The van der Waals surface area contributed by atoms with Crippen LogP contribution in [0.4, 0.5) is 0 Å². The molecule has 4 heteroatoms. The predicted octanol–water partition coefficient (Wildman–Crippen LogP) is 3.20. The van der Waals surface area contributed by atoms with E-state index in [2.05, 4.69) is 31.4 Å². The average Bonchev–Trinajstić information content (AvgIpc) is 2.45. The molecule has 1 rings (SSSR count). The first-order chi connectivity index (χ1) is 11.0. The average molecular weight is 335 g/mol. The summed E-state index contributed by atoms with van der Waals surface area (Å²) in [7, 11) is 1.90. The number of rotatable bonds is 8. The number of ketones is 1. The van der Waals surface area contributed by atoms with Gasteiger partial charge in [0.15, 0.2) is 5.78 Å². The van der Waals surface area contributed by atoms with Gasteiger partial charge in [-0.1, -0.05) is 32.9 Å². The fourth-order valence-corrected chi connectivity index (χ4v) is 2.48. The Kier molecular flexibility index (Phi) is 7.43. The molecule has 0 fully saturated rings. The van der Waals surface area contributed by atoms with E-state index >= 15 is 0 Å². The normalized spacial score (nSPS) is 13.6. The summed E-state index contributed by atoms with van der Waals surface area (Å²) in [5, 5.41) is 6.53. The van der Waals surface area contributed by atoms with Gasteiger partial charge in [0, 0.05) is 17.5 Å². The number of carbonyl (C=O) groups is 1. The molecule has 0 heterocycles. The zero-order valence-electron chi connectivity index (χ0n) is 16.3. The fraction of sp³-hybridized carbons (Fsp3) is 0.650. The zero-order valence-corrected chi connectivity index (χ0v) is 16.3. The lowest BCUT2D eigenvalue weighted by Crippen LogP contribution is -2.51. The molecule has 0 spiro atoms. The minimum atomic E-state index is -0.362. The maximum Gasteiger partial charge on any atom is 0.155 e. The fourth-order valence-electron chi connectivity index (χ4n) is 2.48. The van der Waals surface area contributed by atoms with Crippen molar-refractivity contribution < 1.29 is 9.53 Å². The second kappa shape index (κ2) is 8.63. The van der Waals surface area contributed by atoms with Crippen LogP contribution in [0.15, 0.2) is 24.3 Å². The van der Waals surface area contributed by atoms with Gasteiger partial charge in [-0.15, -0.1) is 0 Å². The largest absolute Gasteiger partial charge is 0.492 e. The van der Waals surface area contributed by atoms with Gasteiger partial charge in [-0.2, -0.15) is 0 Å². The van der Waals surface area contributed by atoms with Crippen LogP contribution in [0.25, 0.3) is 0 Å². The van der Waals surface area contributed by atoms with Gasteiger partial charge in [0.1, 0.15) is 12.4 Å². The van der Waals surface area contributed by atoms with Crippen molar-refractivity contribution in [2.24, 2.45) is 5.41 Å². The third-order valence-corrected chi connectivity index (χ3v) is 3.65. The van der Waals surface area contributed by atoms with E-state index in [0.29, 0.717) is 13.0 Å². The number of benzene rings is 1. The van der Waals surface area contributed by atoms with Crippen LogP contribution in [0.5, 0.6) is 5.75 Å². The topological polar surface area (TPSA) is 50.4 Å². The van der Waals surface area contributed by atoms with Crippen LogP contribution in [0.3, 0.4) is 0 Å². The van der Waals surface area contributed by atoms with E-state index in [1.165, 1.54) is 0 Å². The molecular weight excluding hydrogens is 300 g/mol. The number of hydrogen-bond acceptors (Lipinski definition) is 4. The van der Waals surface area contributed by atoms with Crippen molar-refractivity contribution in [2.75, 3.05) is 20.2 Å². The van der Waals surface area contributed by atoms with E-state index in [9.17, 15) is 4.79 Å². The summed E-state index contributed by atoms with van der Waals surface area (Å²) in [5.41, 5.74) is 0.663. The first kappa shape index (κ1) is 20.7. The summed E-state index contributed by atoms with van der Waals surface area (Å²) in [6, 6.07) is 7.84. The lowest BCUT2D eigenvalue weighted by Gasteiger charge is -2.32. The summed E-state index contributed by atoms with van der Waals surface area (Å²) in [4.78, 5) is 12.8. The van der Waals surface area contributed by atoms with Crippen LogP contribution in [0.1, 0.15) is 47.1 Å². The molecule has 0 saturated carbocycles. The van der Waals surface area contributed by atoms with E-state index in [1.54, 1.807) is 0 Å². The monoisotopic (exact) mass is 334 g/mol. The molecule has 0 amide bonds. The van der Waals surface area contributed by atoms with Gasteiger partial charge in [-0.25, -0.2) is 0 Å². The van der Waals surface area contributed by atoms with Crippen molar-refractivity contribution in [2.45, 2.75) is 59.5 Å². The van der Waals surface area contributed by atoms with Gasteiger partial charge >= 0.3 is 0 Å². The quantitative estimate of drug-likeness (QED) is 0.717. The number of carbonyl (C=O) groups excluding carboxylic acids is 1. The van der Waals surface area contributed by atoms with Crippen LogP contribution in [0.2, 0.25) is 0 Å². The number of Topliss-reactive ketones (excluding diaryl/α,β-unsaturated/α-hetero) is 1. The van der Waals surface area contributed by atoms with E-state index < -0.39 is 0 Å². The summed E-state index contributed by atoms with van der Waals surface area (Å²) in [6.07, 6.45) is 0.685. The Labute approximate surface area is 147 Å². The smallest absolute Gasteiger partial charge is 0.155 e.